The summed E-state index contributed by atoms with van der Waals surface area (Å²) in [6.07, 6.45) is 2.79. The maximum atomic E-state index is 12.8. The number of amides is 1. The van der Waals surface area contributed by atoms with E-state index in [2.05, 4.69) is 15.3 Å². The number of carbonyl (C=O) groups is 1. The quantitative estimate of drug-likeness (QED) is 0.646. The van der Waals surface area contributed by atoms with E-state index in [9.17, 15) is 4.79 Å². The normalized spacial score (nSPS) is 13.7. The molecule has 0 radical (unpaired) electrons. The molecule has 8 heteroatoms. The topological polar surface area (TPSA) is 76.2 Å². The van der Waals surface area contributed by atoms with E-state index >= 15 is 0 Å². The number of halogens is 1. The predicted molar refractivity (Wildman–Crippen MR) is 107 cm³/mol. The number of fused-ring (bicyclic) bond motifs is 2. The van der Waals surface area contributed by atoms with Crippen LogP contribution in [0.5, 0.6) is 11.5 Å². The van der Waals surface area contributed by atoms with Crippen LogP contribution in [0.4, 0.5) is 0 Å². The van der Waals surface area contributed by atoms with Gasteiger partial charge in [0.1, 0.15) is 5.82 Å². The molecule has 0 spiro atoms. The van der Waals surface area contributed by atoms with Crippen molar-refractivity contribution in [2.75, 3.05) is 18.8 Å². The minimum absolute atomic E-state index is 0.107. The highest BCUT2D eigenvalue weighted by Gasteiger charge is 2.23. The Morgan fingerprint density at radius 3 is 3.04 bits per heavy atom. The van der Waals surface area contributed by atoms with Crippen LogP contribution in [0.2, 0.25) is 5.02 Å². The first-order valence-electron chi connectivity index (χ1n) is 8.49. The van der Waals surface area contributed by atoms with Crippen molar-refractivity contribution in [3.05, 3.63) is 52.8 Å². The number of benzene rings is 2. The van der Waals surface area contributed by atoms with Gasteiger partial charge < -0.3 is 19.8 Å². The van der Waals surface area contributed by atoms with E-state index in [1.807, 2.05) is 30.5 Å². The number of rotatable bonds is 6. The number of H-pyrrole nitrogens is 1. The molecule has 27 heavy (non-hydrogen) atoms. The molecule has 0 fully saturated rings. The van der Waals surface area contributed by atoms with Gasteiger partial charge >= 0.3 is 0 Å². The molecule has 0 aliphatic carbocycles. The number of thioether (sulfide) groups is 1. The molecule has 2 N–H and O–H groups in total. The largest absolute Gasteiger partial charge is 0.454 e. The molecule has 1 aliphatic heterocycles. The first kappa shape index (κ1) is 18.0. The Kier molecular flexibility index (Phi) is 5.13. The Balaban J connectivity index is 1.60. The number of nitrogens with zero attached hydrogens (tertiary/aromatic N) is 1. The second-order valence-electron chi connectivity index (χ2n) is 6.14. The van der Waals surface area contributed by atoms with Crippen LogP contribution in [0.3, 0.4) is 0 Å². The number of hydrogen-bond acceptors (Lipinski definition) is 5. The SMILES string of the molecule is CSCC[C@@H](NC(=O)c1cc(Cl)c2c(c1)OCO2)c1nc2ccccc2[nH]1. The summed E-state index contributed by atoms with van der Waals surface area (Å²) in [5, 5.41) is 3.42. The Morgan fingerprint density at radius 2 is 2.22 bits per heavy atom. The number of para-hydroxylation sites is 2. The molecular formula is C19H18ClN3O3S. The van der Waals surface area contributed by atoms with Crippen molar-refractivity contribution in [2.45, 2.75) is 12.5 Å². The number of hydrogen-bond donors (Lipinski definition) is 2. The van der Waals surface area contributed by atoms with Gasteiger partial charge in [-0.3, -0.25) is 4.79 Å². The van der Waals surface area contributed by atoms with Gasteiger partial charge in [-0.1, -0.05) is 23.7 Å². The van der Waals surface area contributed by atoms with Crippen molar-refractivity contribution in [3.63, 3.8) is 0 Å². The third-order valence-electron chi connectivity index (χ3n) is 4.34. The first-order chi connectivity index (χ1) is 13.2. The van der Waals surface area contributed by atoms with Crippen molar-refractivity contribution >= 4 is 40.3 Å². The van der Waals surface area contributed by atoms with Crippen LogP contribution < -0.4 is 14.8 Å². The molecule has 1 atom stereocenters. The molecule has 1 aliphatic rings. The molecule has 6 nitrogen and oxygen atoms in total. The average Bonchev–Trinajstić information content (AvgIpc) is 3.31. The smallest absolute Gasteiger partial charge is 0.252 e. The van der Waals surface area contributed by atoms with Gasteiger partial charge in [0.05, 0.1) is 22.1 Å². The Hall–Kier alpha value is -2.38. The number of nitrogens with one attached hydrogen (secondary N) is 2. The van der Waals surface area contributed by atoms with Crippen LogP contribution in [0.1, 0.15) is 28.6 Å². The van der Waals surface area contributed by atoms with E-state index in [1.165, 1.54) is 0 Å². The van der Waals surface area contributed by atoms with E-state index in [0.717, 1.165) is 29.0 Å². The standard InChI is InChI=1S/C19H18ClN3O3S/c1-27-7-6-15(18-21-13-4-2-3-5-14(13)22-18)23-19(24)11-8-12(20)17-16(9-11)25-10-26-17/h2-5,8-9,15H,6-7,10H2,1H3,(H,21,22)(H,23,24)/t15-/m1/s1. The molecule has 2 aromatic carbocycles. The average molecular weight is 404 g/mol. The molecule has 0 unspecified atom stereocenters. The van der Waals surface area contributed by atoms with Gasteiger partial charge in [-0.25, -0.2) is 4.98 Å². The molecule has 2 heterocycles. The minimum Gasteiger partial charge on any atom is -0.454 e. The van der Waals surface area contributed by atoms with Crippen LogP contribution in [0.15, 0.2) is 36.4 Å². The van der Waals surface area contributed by atoms with Gasteiger partial charge in [0.25, 0.3) is 5.91 Å². The molecular weight excluding hydrogens is 386 g/mol. The zero-order chi connectivity index (χ0) is 18.8. The predicted octanol–water partition coefficient (Wildman–Crippen LogP) is 4.17. The summed E-state index contributed by atoms with van der Waals surface area (Å²) in [5.74, 6) is 2.36. The number of imidazole rings is 1. The molecule has 0 bridgehead atoms. The monoisotopic (exact) mass is 403 g/mol. The van der Waals surface area contributed by atoms with E-state index in [0.29, 0.717) is 22.1 Å². The molecule has 4 rings (SSSR count). The van der Waals surface area contributed by atoms with Crippen molar-refractivity contribution in [2.24, 2.45) is 0 Å². The highest BCUT2D eigenvalue weighted by Crippen LogP contribution is 2.39. The highest BCUT2D eigenvalue weighted by molar-refractivity contribution is 7.98. The number of aromatic amines is 1. The van der Waals surface area contributed by atoms with Crippen molar-refractivity contribution in [1.82, 2.24) is 15.3 Å². The zero-order valence-corrected chi connectivity index (χ0v) is 16.2. The lowest BCUT2D eigenvalue weighted by Gasteiger charge is -2.16. The molecule has 140 valence electrons. The van der Waals surface area contributed by atoms with Crippen LogP contribution in [-0.2, 0) is 0 Å². The second-order valence-corrected chi connectivity index (χ2v) is 7.53. The van der Waals surface area contributed by atoms with Gasteiger partial charge in [0.15, 0.2) is 11.5 Å². The van der Waals surface area contributed by atoms with Crippen LogP contribution >= 0.6 is 23.4 Å². The fourth-order valence-corrected chi connectivity index (χ4v) is 3.73. The van der Waals surface area contributed by atoms with Gasteiger partial charge in [-0.05, 0) is 42.7 Å². The third-order valence-corrected chi connectivity index (χ3v) is 5.27. The molecule has 3 aromatic rings. The second kappa shape index (κ2) is 7.70. The maximum absolute atomic E-state index is 12.8. The van der Waals surface area contributed by atoms with Crippen molar-refractivity contribution in [3.8, 4) is 11.5 Å². The third kappa shape index (κ3) is 3.70. The summed E-state index contributed by atoms with van der Waals surface area (Å²) < 4.78 is 10.7. The summed E-state index contributed by atoms with van der Waals surface area (Å²) in [4.78, 5) is 20.8. The van der Waals surface area contributed by atoms with Crippen LogP contribution in [0.25, 0.3) is 11.0 Å². The van der Waals surface area contributed by atoms with E-state index in [-0.39, 0.29) is 18.7 Å². The lowest BCUT2D eigenvalue weighted by Crippen LogP contribution is -2.29. The lowest BCUT2D eigenvalue weighted by atomic mass is 10.1. The Morgan fingerprint density at radius 1 is 1.37 bits per heavy atom. The number of carbonyl (C=O) groups excluding carboxylic acids is 1. The van der Waals surface area contributed by atoms with Crippen LogP contribution in [0, 0.1) is 0 Å². The Bertz CT molecular complexity index is 958. The molecule has 0 saturated carbocycles. The van der Waals surface area contributed by atoms with E-state index in [4.69, 9.17) is 21.1 Å². The van der Waals surface area contributed by atoms with Crippen molar-refractivity contribution in [1.29, 1.82) is 0 Å². The minimum atomic E-state index is -0.235. The zero-order valence-electron chi connectivity index (χ0n) is 14.6. The number of ether oxygens (including phenoxy) is 2. The summed E-state index contributed by atoms with van der Waals surface area (Å²) in [6, 6.07) is 10.8. The molecule has 1 amide bonds. The van der Waals surface area contributed by atoms with Gasteiger partial charge in [-0.2, -0.15) is 11.8 Å². The summed E-state index contributed by atoms with van der Waals surface area (Å²) in [6.45, 7) is 0.107. The van der Waals surface area contributed by atoms with E-state index < -0.39 is 0 Å². The summed E-state index contributed by atoms with van der Waals surface area (Å²) in [5.41, 5.74) is 2.25. The Labute approximate surface area is 165 Å². The van der Waals surface area contributed by atoms with Gasteiger partial charge in [-0.15, -0.1) is 0 Å². The highest BCUT2D eigenvalue weighted by atomic mass is 35.5. The molecule has 0 saturated heterocycles. The van der Waals surface area contributed by atoms with Crippen LogP contribution in [-0.4, -0.2) is 34.7 Å². The molecule has 1 aromatic heterocycles. The van der Waals surface area contributed by atoms with Gasteiger partial charge in [0.2, 0.25) is 6.79 Å². The fourth-order valence-electron chi connectivity index (χ4n) is 2.99. The summed E-state index contributed by atoms with van der Waals surface area (Å²) in [7, 11) is 0. The fraction of sp³-hybridized carbons (Fsp3) is 0.263. The van der Waals surface area contributed by atoms with Gasteiger partial charge in [0, 0.05) is 5.56 Å². The lowest BCUT2D eigenvalue weighted by molar-refractivity contribution is 0.0933. The maximum Gasteiger partial charge on any atom is 0.252 e. The summed E-state index contributed by atoms with van der Waals surface area (Å²) >= 11 is 7.93. The number of aromatic nitrogens is 2. The first-order valence-corrected chi connectivity index (χ1v) is 10.3. The van der Waals surface area contributed by atoms with E-state index in [1.54, 1.807) is 23.9 Å². The van der Waals surface area contributed by atoms with Crippen molar-refractivity contribution < 1.29 is 14.3 Å².